The molecule has 3 aromatic rings. The molecule has 0 spiro atoms. The van der Waals surface area contributed by atoms with Gasteiger partial charge in [0.25, 0.3) is 5.91 Å². The molecule has 1 N–H and O–H groups in total. The second-order valence-corrected chi connectivity index (χ2v) is 6.50. The molecule has 0 aliphatic carbocycles. The van der Waals surface area contributed by atoms with Gasteiger partial charge in [0, 0.05) is 22.3 Å². The minimum Gasteiger partial charge on any atom is -0.322 e. The Kier molecular flexibility index (Phi) is 4.66. The number of nitrogens with zero attached hydrogens (tertiary/aromatic N) is 2. The van der Waals surface area contributed by atoms with E-state index in [1.165, 1.54) is 18.2 Å². The van der Waals surface area contributed by atoms with Gasteiger partial charge < -0.3 is 9.88 Å². The van der Waals surface area contributed by atoms with Crippen LogP contribution in [0.5, 0.6) is 0 Å². The first-order valence-corrected chi connectivity index (χ1v) is 8.20. The zero-order valence-electron chi connectivity index (χ0n) is 13.9. The van der Waals surface area contributed by atoms with Gasteiger partial charge in [0.05, 0.1) is 11.0 Å². The highest BCUT2D eigenvalue weighted by atomic mass is 35.5. The summed E-state index contributed by atoms with van der Waals surface area (Å²) in [6.45, 7) is 3.30. The first-order valence-electron chi connectivity index (χ1n) is 7.83. The van der Waals surface area contributed by atoms with Gasteiger partial charge in [-0.15, -0.1) is 0 Å². The average molecular weight is 382 g/mol. The number of hydrogen-bond acceptors (Lipinski definition) is 2. The standard InChI is InChI=1S/C18H15ClF3N3O/c1-10(2)25-15-8-3-11(9-14(15)24-17(25)18(20,21)22)16(26)23-13-6-4-12(19)5-7-13/h3-10H,1-2H3,(H,23,26). The first kappa shape index (κ1) is 18.3. The lowest BCUT2D eigenvalue weighted by atomic mass is 10.1. The van der Waals surface area contributed by atoms with Crippen molar-refractivity contribution >= 4 is 34.2 Å². The van der Waals surface area contributed by atoms with Gasteiger partial charge >= 0.3 is 6.18 Å². The summed E-state index contributed by atoms with van der Waals surface area (Å²) < 4.78 is 40.9. The minimum atomic E-state index is -4.57. The molecule has 4 nitrogen and oxygen atoms in total. The van der Waals surface area contributed by atoms with Gasteiger partial charge in [-0.1, -0.05) is 11.6 Å². The minimum absolute atomic E-state index is 0.120. The summed E-state index contributed by atoms with van der Waals surface area (Å²) in [5, 5.41) is 3.20. The van der Waals surface area contributed by atoms with Crippen LogP contribution in [0.4, 0.5) is 18.9 Å². The molecule has 0 saturated heterocycles. The number of rotatable bonds is 3. The van der Waals surface area contributed by atoms with E-state index in [0.717, 1.165) is 4.57 Å². The third-order valence-electron chi connectivity index (χ3n) is 3.82. The van der Waals surface area contributed by atoms with E-state index >= 15 is 0 Å². The van der Waals surface area contributed by atoms with Crippen molar-refractivity contribution in [3.8, 4) is 0 Å². The number of carbonyl (C=O) groups excluding carboxylic acids is 1. The summed E-state index contributed by atoms with van der Waals surface area (Å²) in [7, 11) is 0. The fourth-order valence-electron chi connectivity index (χ4n) is 2.70. The molecular formula is C18H15ClF3N3O. The summed E-state index contributed by atoms with van der Waals surface area (Å²) >= 11 is 5.79. The molecule has 0 unspecified atom stereocenters. The van der Waals surface area contributed by atoms with Crippen LogP contribution < -0.4 is 5.32 Å². The van der Waals surface area contributed by atoms with E-state index in [1.807, 2.05) is 0 Å². The monoisotopic (exact) mass is 381 g/mol. The van der Waals surface area contributed by atoms with E-state index < -0.39 is 23.9 Å². The molecule has 26 heavy (non-hydrogen) atoms. The molecule has 1 aromatic heterocycles. The molecule has 0 fully saturated rings. The molecule has 136 valence electrons. The van der Waals surface area contributed by atoms with Crippen molar-refractivity contribution < 1.29 is 18.0 Å². The van der Waals surface area contributed by atoms with E-state index in [0.29, 0.717) is 16.2 Å². The highest BCUT2D eigenvalue weighted by molar-refractivity contribution is 6.30. The summed E-state index contributed by atoms with van der Waals surface area (Å²) in [6, 6.07) is 10.4. The van der Waals surface area contributed by atoms with Crippen molar-refractivity contribution in [2.24, 2.45) is 0 Å². The summed E-state index contributed by atoms with van der Waals surface area (Å²) in [4.78, 5) is 16.1. The highest BCUT2D eigenvalue weighted by Gasteiger charge is 2.38. The lowest BCUT2D eigenvalue weighted by Crippen LogP contribution is -2.16. The number of imidazole rings is 1. The van der Waals surface area contributed by atoms with Gasteiger partial charge in [0.1, 0.15) is 0 Å². The number of halogens is 4. The van der Waals surface area contributed by atoms with Gasteiger partial charge in [-0.05, 0) is 56.3 Å². The van der Waals surface area contributed by atoms with Crippen LogP contribution in [0.15, 0.2) is 42.5 Å². The molecule has 0 aliphatic rings. The number of alkyl halides is 3. The quantitative estimate of drug-likeness (QED) is 0.647. The molecule has 0 bridgehead atoms. The van der Waals surface area contributed by atoms with Crippen LogP contribution in [0, 0.1) is 0 Å². The molecular weight excluding hydrogens is 367 g/mol. The number of aromatic nitrogens is 2. The Balaban J connectivity index is 1.98. The van der Waals surface area contributed by atoms with Crippen LogP contribution >= 0.6 is 11.6 Å². The summed E-state index contributed by atoms with van der Waals surface area (Å²) in [5.74, 6) is -1.42. The van der Waals surface area contributed by atoms with Crippen LogP contribution in [0.1, 0.15) is 36.1 Å². The zero-order chi connectivity index (χ0) is 19.1. The van der Waals surface area contributed by atoms with Crippen molar-refractivity contribution in [2.45, 2.75) is 26.1 Å². The highest BCUT2D eigenvalue weighted by Crippen LogP contribution is 2.34. The van der Waals surface area contributed by atoms with Crippen molar-refractivity contribution in [3.05, 3.63) is 58.9 Å². The maximum atomic E-state index is 13.3. The van der Waals surface area contributed by atoms with Gasteiger partial charge in [-0.3, -0.25) is 4.79 Å². The molecule has 3 rings (SSSR count). The summed E-state index contributed by atoms with van der Waals surface area (Å²) in [6.07, 6.45) is -4.57. The second-order valence-electron chi connectivity index (χ2n) is 6.06. The molecule has 0 saturated carbocycles. The van der Waals surface area contributed by atoms with E-state index in [4.69, 9.17) is 11.6 Å². The molecule has 1 heterocycles. The van der Waals surface area contributed by atoms with Crippen LogP contribution in [0.25, 0.3) is 11.0 Å². The predicted octanol–water partition coefficient (Wildman–Crippen LogP) is 5.54. The van der Waals surface area contributed by atoms with Crippen LogP contribution in [-0.4, -0.2) is 15.5 Å². The maximum Gasteiger partial charge on any atom is 0.449 e. The third-order valence-corrected chi connectivity index (χ3v) is 4.08. The topological polar surface area (TPSA) is 46.9 Å². The maximum absolute atomic E-state index is 13.3. The number of carbonyl (C=O) groups is 1. The Labute approximate surface area is 152 Å². The number of benzene rings is 2. The molecule has 1 amide bonds. The molecule has 0 radical (unpaired) electrons. The Morgan fingerprint density at radius 2 is 1.81 bits per heavy atom. The summed E-state index contributed by atoms with van der Waals surface area (Å²) in [5.41, 5.74) is 1.20. The Hall–Kier alpha value is -2.54. The number of amides is 1. The smallest absolute Gasteiger partial charge is 0.322 e. The van der Waals surface area contributed by atoms with Crippen molar-refractivity contribution in [2.75, 3.05) is 5.32 Å². The number of hydrogen-bond donors (Lipinski definition) is 1. The normalized spacial score (nSPS) is 12.0. The van der Waals surface area contributed by atoms with Crippen molar-refractivity contribution in [1.82, 2.24) is 9.55 Å². The lowest BCUT2D eigenvalue weighted by Gasteiger charge is -2.14. The van der Waals surface area contributed by atoms with Crippen molar-refractivity contribution in [3.63, 3.8) is 0 Å². The second kappa shape index (κ2) is 6.64. The average Bonchev–Trinajstić information content (AvgIpc) is 2.96. The third kappa shape index (κ3) is 3.53. The van der Waals surface area contributed by atoms with E-state index in [1.54, 1.807) is 38.1 Å². The Bertz CT molecular complexity index is 962. The number of nitrogens with one attached hydrogen (secondary N) is 1. The van der Waals surface area contributed by atoms with Gasteiger partial charge in [-0.25, -0.2) is 4.98 Å². The van der Waals surface area contributed by atoms with E-state index in [9.17, 15) is 18.0 Å². The Morgan fingerprint density at radius 1 is 1.15 bits per heavy atom. The number of fused-ring (bicyclic) bond motifs is 1. The lowest BCUT2D eigenvalue weighted by molar-refractivity contribution is -0.147. The SMILES string of the molecule is CC(C)n1c(C(F)(F)F)nc2cc(C(=O)Nc3ccc(Cl)cc3)ccc21. The van der Waals surface area contributed by atoms with Crippen LogP contribution in [0.2, 0.25) is 5.02 Å². The molecule has 0 atom stereocenters. The first-order chi connectivity index (χ1) is 12.2. The fraction of sp³-hybridized carbons (Fsp3) is 0.222. The Morgan fingerprint density at radius 3 is 2.38 bits per heavy atom. The zero-order valence-corrected chi connectivity index (χ0v) is 14.7. The van der Waals surface area contributed by atoms with Crippen molar-refractivity contribution in [1.29, 1.82) is 0 Å². The van der Waals surface area contributed by atoms with Crippen LogP contribution in [0.3, 0.4) is 0 Å². The van der Waals surface area contributed by atoms with E-state index in [2.05, 4.69) is 10.3 Å². The van der Waals surface area contributed by atoms with E-state index in [-0.39, 0.29) is 11.1 Å². The molecule has 0 aliphatic heterocycles. The van der Waals surface area contributed by atoms with Gasteiger partial charge in [0.15, 0.2) is 0 Å². The van der Waals surface area contributed by atoms with Crippen LogP contribution in [-0.2, 0) is 6.18 Å². The molecule has 8 heteroatoms. The van der Waals surface area contributed by atoms with Gasteiger partial charge in [0.2, 0.25) is 5.82 Å². The number of anilines is 1. The fourth-order valence-corrected chi connectivity index (χ4v) is 2.83. The molecule has 2 aromatic carbocycles. The van der Waals surface area contributed by atoms with Gasteiger partial charge in [-0.2, -0.15) is 13.2 Å². The predicted molar refractivity (Wildman–Crippen MR) is 94.5 cm³/mol. The largest absolute Gasteiger partial charge is 0.449 e.